The fourth-order valence-corrected chi connectivity index (χ4v) is 3.25. The lowest BCUT2D eigenvalue weighted by Gasteiger charge is -2.22. The van der Waals surface area contributed by atoms with Gasteiger partial charge in [0.1, 0.15) is 11.5 Å². The molecule has 0 bridgehead atoms. The van der Waals surface area contributed by atoms with E-state index in [1.54, 1.807) is 24.2 Å². The van der Waals surface area contributed by atoms with Crippen LogP contribution < -0.4 is 4.74 Å². The van der Waals surface area contributed by atoms with Crippen LogP contribution in [0, 0.1) is 0 Å². The summed E-state index contributed by atoms with van der Waals surface area (Å²) in [6.07, 6.45) is 7.37. The highest BCUT2D eigenvalue weighted by Crippen LogP contribution is 2.32. The minimum Gasteiger partial charge on any atom is -0.437 e. The lowest BCUT2D eigenvalue weighted by Crippen LogP contribution is -2.35. The number of aryl methyl sites for hydroxylation is 1. The van der Waals surface area contributed by atoms with Crippen molar-refractivity contribution in [2.45, 2.75) is 32.6 Å². The van der Waals surface area contributed by atoms with Crippen LogP contribution >= 0.6 is 0 Å². The highest BCUT2D eigenvalue weighted by atomic mass is 19.3. The van der Waals surface area contributed by atoms with E-state index < -0.39 is 5.92 Å². The zero-order valence-corrected chi connectivity index (χ0v) is 17.6. The fraction of sp³-hybridized carbons (Fsp3) is 0.333. The van der Waals surface area contributed by atoms with Crippen LogP contribution in [-0.2, 0) is 6.42 Å². The Kier molecular flexibility index (Phi) is 7.11. The number of halogens is 2. The van der Waals surface area contributed by atoms with Crippen LogP contribution in [0.15, 0.2) is 71.2 Å². The summed E-state index contributed by atoms with van der Waals surface area (Å²) < 4.78 is 35.1. The maximum atomic E-state index is 14.6. The number of nitrogens with zero attached hydrogens (tertiary/aromatic N) is 3. The van der Waals surface area contributed by atoms with E-state index in [2.05, 4.69) is 23.0 Å². The molecule has 0 radical (unpaired) electrons. The maximum absolute atomic E-state index is 14.6. The van der Waals surface area contributed by atoms with Crippen molar-refractivity contribution in [3.05, 3.63) is 71.8 Å². The van der Waals surface area contributed by atoms with Gasteiger partial charge in [-0.25, -0.2) is 4.98 Å². The van der Waals surface area contributed by atoms with Gasteiger partial charge in [0, 0.05) is 11.8 Å². The molecule has 1 aliphatic rings. The molecule has 0 saturated carbocycles. The number of aromatic nitrogens is 1. The van der Waals surface area contributed by atoms with Crippen LogP contribution in [0.5, 0.6) is 5.88 Å². The van der Waals surface area contributed by atoms with E-state index in [-0.39, 0.29) is 12.2 Å². The van der Waals surface area contributed by atoms with Crippen LogP contribution in [0.4, 0.5) is 8.78 Å². The molecule has 0 unspecified atom stereocenters. The molecule has 0 atom stereocenters. The first-order valence-electron chi connectivity index (χ1n) is 10.2. The lowest BCUT2D eigenvalue weighted by atomic mass is 9.99. The Hall–Kier alpha value is -2.86. The molecule has 0 saturated heterocycles. The summed E-state index contributed by atoms with van der Waals surface area (Å²) in [6.45, 7) is 4.11. The molecule has 3 rings (SSSR count). The first-order chi connectivity index (χ1) is 14.4. The average molecular weight is 411 g/mol. The highest BCUT2D eigenvalue weighted by molar-refractivity contribution is 5.79. The number of alkyl halides is 2. The van der Waals surface area contributed by atoms with Gasteiger partial charge in [-0.15, -0.1) is 0 Å². The van der Waals surface area contributed by atoms with Gasteiger partial charge in [-0.05, 0) is 55.8 Å². The number of benzene rings is 1. The second kappa shape index (κ2) is 9.76. The van der Waals surface area contributed by atoms with E-state index in [0.717, 1.165) is 17.5 Å². The Morgan fingerprint density at radius 2 is 1.83 bits per heavy atom. The van der Waals surface area contributed by atoms with Crippen molar-refractivity contribution in [3.8, 4) is 17.0 Å². The van der Waals surface area contributed by atoms with Crippen molar-refractivity contribution in [1.82, 2.24) is 9.88 Å². The number of hydrogen-bond acceptors (Lipinski definition) is 4. The second-order valence-electron chi connectivity index (χ2n) is 7.19. The summed E-state index contributed by atoms with van der Waals surface area (Å²) in [4.78, 5) is 9.98. The van der Waals surface area contributed by atoms with Gasteiger partial charge in [-0.3, -0.25) is 4.99 Å². The second-order valence-corrected chi connectivity index (χ2v) is 7.19. The van der Waals surface area contributed by atoms with E-state index in [0.29, 0.717) is 24.6 Å². The Labute approximate surface area is 176 Å². The Morgan fingerprint density at radius 1 is 1.07 bits per heavy atom. The molecule has 1 aromatic heterocycles. The predicted molar refractivity (Wildman–Crippen MR) is 117 cm³/mol. The summed E-state index contributed by atoms with van der Waals surface area (Å²) in [5.74, 6) is -2.20. The fourth-order valence-electron chi connectivity index (χ4n) is 3.25. The molecule has 0 spiro atoms. The maximum Gasteiger partial charge on any atom is 0.301 e. The third-order valence-corrected chi connectivity index (χ3v) is 5.02. The number of ether oxygens (including phenoxy) is 1. The topological polar surface area (TPSA) is 37.7 Å². The van der Waals surface area contributed by atoms with E-state index in [4.69, 9.17) is 4.74 Å². The summed E-state index contributed by atoms with van der Waals surface area (Å²) >= 11 is 0. The monoisotopic (exact) mass is 411 g/mol. The minimum absolute atomic E-state index is 0.241. The van der Waals surface area contributed by atoms with Crippen molar-refractivity contribution in [3.63, 3.8) is 0 Å². The largest absolute Gasteiger partial charge is 0.437 e. The summed E-state index contributed by atoms with van der Waals surface area (Å²) in [7, 11) is 1.67. The van der Waals surface area contributed by atoms with Crippen molar-refractivity contribution in [1.29, 1.82) is 0 Å². The van der Waals surface area contributed by atoms with Crippen LogP contribution in [0.25, 0.3) is 11.1 Å². The van der Waals surface area contributed by atoms with Gasteiger partial charge in [0.2, 0.25) is 5.88 Å². The zero-order chi connectivity index (χ0) is 21.6. The third kappa shape index (κ3) is 5.19. The quantitative estimate of drug-likeness (QED) is 0.574. The molecule has 0 N–H and O–H groups in total. The summed E-state index contributed by atoms with van der Waals surface area (Å²) in [6, 6.07) is 11.9. The van der Waals surface area contributed by atoms with E-state index in [1.165, 1.54) is 17.9 Å². The third-order valence-electron chi connectivity index (χ3n) is 5.02. The standard InChI is InChI=1S/C24H27F2N3O/c1-4-18-10-6-7-12-20(18)21-13-9-15-27-23(21)30-19-11-8-14-22(28-16-19)24(25,26)17-29(3)5-2/h6-7,9-16H,4-5,8,17H2,1-3H3. The Morgan fingerprint density at radius 3 is 2.60 bits per heavy atom. The van der Waals surface area contributed by atoms with Crippen LogP contribution in [0.3, 0.4) is 0 Å². The van der Waals surface area contributed by atoms with Gasteiger partial charge < -0.3 is 9.64 Å². The van der Waals surface area contributed by atoms with Crippen molar-refractivity contribution < 1.29 is 13.5 Å². The zero-order valence-electron chi connectivity index (χ0n) is 17.6. The molecule has 1 aliphatic heterocycles. The first kappa shape index (κ1) is 21.8. The van der Waals surface area contributed by atoms with E-state index in [9.17, 15) is 8.78 Å². The highest BCUT2D eigenvalue weighted by Gasteiger charge is 2.35. The van der Waals surface area contributed by atoms with Crippen LogP contribution in [0.1, 0.15) is 25.8 Å². The Balaban J connectivity index is 1.82. The van der Waals surface area contributed by atoms with Crippen molar-refractivity contribution in [2.24, 2.45) is 4.99 Å². The predicted octanol–water partition coefficient (Wildman–Crippen LogP) is 5.52. The molecular weight excluding hydrogens is 384 g/mol. The van der Waals surface area contributed by atoms with Gasteiger partial charge in [0.05, 0.1) is 12.8 Å². The van der Waals surface area contributed by atoms with Gasteiger partial charge in [-0.2, -0.15) is 8.78 Å². The molecule has 0 amide bonds. The number of hydrogen-bond donors (Lipinski definition) is 0. The molecule has 158 valence electrons. The van der Waals surface area contributed by atoms with E-state index >= 15 is 0 Å². The van der Waals surface area contributed by atoms with Gasteiger partial charge in [-0.1, -0.05) is 44.2 Å². The average Bonchev–Trinajstić information content (AvgIpc) is 3.00. The number of allylic oxidation sites excluding steroid dienone is 3. The van der Waals surface area contributed by atoms with Crippen molar-refractivity contribution >= 4 is 6.21 Å². The molecule has 0 fully saturated rings. The first-order valence-corrected chi connectivity index (χ1v) is 10.2. The minimum atomic E-state index is -3.03. The molecule has 30 heavy (non-hydrogen) atoms. The number of rotatable bonds is 8. The molecule has 1 aromatic carbocycles. The summed E-state index contributed by atoms with van der Waals surface area (Å²) in [5.41, 5.74) is 2.84. The lowest BCUT2D eigenvalue weighted by molar-refractivity contribution is 0.00955. The number of aliphatic imine (C=N–C) groups is 1. The molecule has 4 nitrogen and oxygen atoms in total. The summed E-state index contributed by atoms with van der Waals surface area (Å²) in [5, 5.41) is 0. The van der Waals surface area contributed by atoms with Crippen LogP contribution in [0.2, 0.25) is 0 Å². The van der Waals surface area contributed by atoms with Crippen LogP contribution in [-0.4, -0.2) is 42.2 Å². The Bertz CT molecular complexity index is 966. The SMILES string of the molecule is CCc1ccccc1-c1cccnc1OC1=CCC=C(C(F)(F)CN(C)CC)N=C1. The normalized spacial score (nSPS) is 14.3. The van der Waals surface area contributed by atoms with Crippen molar-refractivity contribution in [2.75, 3.05) is 20.1 Å². The van der Waals surface area contributed by atoms with E-state index in [1.807, 2.05) is 37.3 Å². The molecule has 0 aliphatic carbocycles. The molecule has 2 aromatic rings. The van der Waals surface area contributed by atoms with Gasteiger partial charge in [0.25, 0.3) is 0 Å². The van der Waals surface area contributed by atoms with Gasteiger partial charge >= 0.3 is 5.92 Å². The number of pyridine rings is 1. The molecular formula is C24H27F2N3O. The molecule has 6 heteroatoms. The molecule has 2 heterocycles. The van der Waals surface area contributed by atoms with Gasteiger partial charge in [0.15, 0.2) is 0 Å². The smallest absolute Gasteiger partial charge is 0.301 e.